The number of nitrogens with one attached hydrogen (secondary N) is 2. The molecule has 0 aliphatic carbocycles. The number of rotatable bonds is 18. The van der Waals surface area contributed by atoms with Crippen molar-refractivity contribution in [1.29, 1.82) is 0 Å². The average molecular weight is 647 g/mol. The third kappa shape index (κ3) is 10.1. The van der Waals surface area contributed by atoms with E-state index in [2.05, 4.69) is 10.4 Å². The van der Waals surface area contributed by atoms with Gasteiger partial charge in [0.15, 0.2) is 6.29 Å². The summed E-state index contributed by atoms with van der Waals surface area (Å²) in [6.45, 7) is 5.28. The van der Waals surface area contributed by atoms with Gasteiger partial charge >= 0.3 is 12.1 Å². The number of epoxide rings is 1. The van der Waals surface area contributed by atoms with Gasteiger partial charge in [-0.2, -0.15) is 0 Å². The highest BCUT2D eigenvalue weighted by Crippen LogP contribution is 2.48. The van der Waals surface area contributed by atoms with Gasteiger partial charge in [-0.3, -0.25) is 24.1 Å². The van der Waals surface area contributed by atoms with Crippen molar-refractivity contribution in [2.24, 2.45) is 5.92 Å². The Morgan fingerprint density at radius 3 is 2.34 bits per heavy atom. The molecule has 3 N–H and O–H groups in total. The topological polar surface area (TPSA) is 193 Å². The standard InChI is InChI=1S/C28H47N4O11P/c1-16(18(14-24(37)40-6)41-27(39)30-44)25-28(3,43-25)19(15-20(33)29-4)42-26(38)17(2)31(5)21(34)10-8-7-9-13-32-22(35)11-12-23(32)36/h16-19,24-25,37H,7-15,44H2,1-6H3,(H,29,33)(H,30,39)/t16?,17-,18?,19?,24?,25?,28?/m0/s1. The minimum Gasteiger partial charge on any atom is -0.457 e. The van der Waals surface area contributed by atoms with Gasteiger partial charge in [0.25, 0.3) is 0 Å². The van der Waals surface area contributed by atoms with Gasteiger partial charge in [0.1, 0.15) is 23.9 Å². The predicted octanol–water partition coefficient (Wildman–Crippen LogP) is 0.624. The second-order valence-electron chi connectivity index (χ2n) is 11.3. The number of imide groups is 1. The number of hydrogen-bond donors (Lipinski definition) is 3. The van der Waals surface area contributed by atoms with Crippen LogP contribution in [0, 0.1) is 5.92 Å². The largest absolute Gasteiger partial charge is 0.457 e. The molecule has 2 rings (SSSR count). The molecule has 7 unspecified atom stereocenters. The number of carbonyl (C=O) groups excluding carboxylic acids is 6. The summed E-state index contributed by atoms with van der Waals surface area (Å²) in [7, 11) is 6.27. The molecule has 8 atom stereocenters. The predicted molar refractivity (Wildman–Crippen MR) is 158 cm³/mol. The zero-order valence-electron chi connectivity index (χ0n) is 26.3. The second-order valence-corrected chi connectivity index (χ2v) is 11.6. The molecule has 2 fully saturated rings. The highest BCUT2D eigenvalue weighted by atomic mass is 31.0. The van der Waals surface area contributed by atoms with Crippen LogP contribution in [0.4, 0.5) is 4.79 Å². The highest BCUT2D eigenvalue weighted by molar-refractivity contribution is 7.15. The number of likely N-dealkylation sites (tertiary alicyclic amines) is 1. The summed E-state index contributed by atoms with van der Waals surface area (Å²) in [5, 5.41) is 14.8. The van der Waals surface area contributed by atoms with Gasteiger partial charge in [-0.05, 0) is 36.1 Å². The van der Waals surface area contributed by atoms with Crippen molar-refractivity contribution in [2.75, 3.05) is 27.7 Å². The number of ether oxygens (including phenoxy) is 4. The monoisotopic (exact) mass is 646 g/mol. The zero-order valence-corrected chi connectivity index (χ0v) is 27.5. The molecule has 5 amide bonds. The van der Waals surface area contributed by atoms with E-state index in [4.69, 9.17) is 18.9 Å². The molecule has 2 aliphatic rings. The Bertz CT molecular complexity index is 1050. The molecule has 2 heterocycles. The van der Waals surface area contributed by atoms with Crippen molar-refractivity contribution in [3.63, 3.8) is 0 Å². The summed E-state index contributed by atoms with van der Waals surface area (Å²) >= 11 is 0. The zero-order chi connectivity index (χ0) is 33.2. The number of likely N-dealkylation sites (N-methyl/N-ethyl adjacent to an activating group) is 1. The minimum atomic E-state index is -1.21. The Hall–Kier alpha value is -2.87. The van der Waals surface area contributed by atoms with Crippen LogP contribution < -0.4 is 10.4 Å². The van der Waals surface area contributed by atoms with Crippen LogP contribution in [0.25, 0.3) is 0 Å². The molecule has 0 aromatic carbocycles. The van der Waals surface area contributed by atoms with Gasteiger partial charge in [-0.1, -0.05) is 13.3 Å². The van der Waals surface area contributed by atoms with Gasteiger partial charge in [0.2, 0.25) is 23.6 Å². The molecule has 0 spiro atoms. The molecule has 0 aromatic heterocycles. The summed E-state index contributed by atoms with van der Waals surface area (Å²) in [5.41, 5.74) is -1.13. The van der Waals surface area contributed by atoms with Crippen LogP contribution in [0.15, 0.2) is 0 Å². The second kappa shape index (κ2) is 17.0. The van der Waals surface area contributed by atoms with Gasteiger partial charge in [-0.15, -0.1) is 0 Å². The van der Waals surface area contributed by atoms with Crippen LogP contribution in [0.1, 0.15) is 72.1 Å². The maximum absolute atomic E-state index is 13.2. The van der Waals surface area contributed by atoms with Crippen molar-refractivity contribution < 1.29 is 52.8 Å². The van der Waals surface area contributed by atoms with Crippen LogP contribution >= 0.6 is 9.39 Å². The lowest BCUT2D eigenvalue weighted by Gasteiger charge is -2.29. The number of nitrogens with zero attached hydrogens (tertiary/aromatic N) is 2. The maximum Gasteiger partial charge on any atom is 0.410 e. The van der Waals surface area contributed by atoms with E-state index < -0.39 is 60.1 Å². The van der Waals surface area contributed by atoms with E-state index in [9.17, 15) is 33.9 Å². The van der Waals surface area contributed by atoms with E-state index in [-0.39, 0.29) is 49.8 Å². The number of aliphatic hydroxyl groups excluding tert-OH is 1. The first-order valence-electron chi connectivity index (χ1n) is 14.8. The first kappa shape index (κ1) is 37.3. The Morgan fingerprint density at radius 1 is 1.14 bits per heavy atom. The molecular weight excluding hydrogens is 599 g/mol. The average Bonchev–Trinajstić information content (AvgIpc) is 3.60. The fourth-order valence-electron chi connectivity index (χ4n) is 5.18. The van der Waals surface area contributed by atoms with Crippen molar-refractivity contribution in [3.05, 3.63) is 0 Å². The van der Waals surface area contributed by atoms with Crippen LogP contribution in [-0.4, -0.2) is 115 Å². The summed E-state index contributed by atoms with van der Waals surface area (Å²) < 4.78 is 22.1. The number of carbonyl (C=O) groups is 6. The van der Waals surface area contributed by atoms with E-state index >= 15 is 0 Å². The molecule has 44 heavy (non-hydrogen) atoms. The van der Waals surface area contributed by atoms with Crippen LogP contribution in [0.5, 0.6) is 0 Å². The summed E-state index contributed by atoms with van der Waals surface area (Å²) in [6, 6.07) is -0.966. The molecule has 0 saturated carbocycles. The summed E-state index contributed by atoms with van der Waals surface area (Å²) in [5.74, 6) is -2.24. The van der Waals surface area contributed by atoms with Crippen molar-refractivity contribution in [2.45, 2.75) is 108 Å². The number of hydrogen-bond acceptors (Lipinski definition) is 11. The number of aliphatic hydroxyl groups is 1. The first-order chi connectivity index (χ1) is 20.7. The number of unbranched alkanes of at least 4 members (excludes halogenated alkanes) is 2. The Morgan fingerprint density at radius 2 is 1.77 bits per heavy atom. The Kier molecular flexibility index (Phi) is 14.4. The number of esters is 1. The fourth-order valence-corrected chi connectivity index (χ4v) is 5.24. The van der Waals surface area contributed by atoms with Gasteiger partial charge in [0.05, 0.1) is 12.5 Å². The molecule has 2 saturated heterocycles. The van der Waals surface area contributed by atoms with Gasteiger partial charge in [-0.25, -0.2) is 9.59 Å². The van der Waals surface area contributed by atoms with Crippen LogP contribution in [0.2, 0.25) is 0 Å². The molecule has 0 aromatic rings. The SMILES string of the molecule is CNC(=O)CC(OC(=O)[C@H](C)N(C)C(=O)CCCCCN1C(=O)CCC1=O)C1(C)OC1C(C)C(CC(O)OC)OC(=O)NP. The lowest BCUT2D eigenvalue weighted by atomic mass is 9.87. The third-order valence-corrected chi connectivity index (χ3v) is 8.56. The molecule has 15 nitrogen and oxygen atoms in total. The Labute approximate surface area is 260 Å². The van der Waals surface area contributed by atoms with E-state index in [0.29, 0.717) is 25.8 Å². The molecule has 250 valence electrons. The van der Waals surface area contributed by atoms with Crippen molar-refractivity contribution in [1.82, 2.24) is 20.2 Å². The number of methoxy groups -OCH3 is 1. The first-order valence-corrected chi connectivity index (χ1v) is 15.3. The van der Waals surface area contributed by atoms with E-state index in [1.165, 1.54) is 37.9 Å². The molecular formula is C28H47N4O11P. The normalized spacial score (nSPS) is 22.8. The third-order valence-electron chi connectivity index (χ3n) is 8.32. The van der Waals surface area contributed by atoms with Crippen molar-refractivity contribution in [3.8, 4) is 0 Å². The Balaban J connectivity index is 1.99. The molecule has 0 bridgehead atoms. The van der Waals surface area contributed by atoms with Gasteiger partial charge < -0.3 is 39.4 Å². The molecule has 0 radical (unpaired) electrons. The van der Waals surface area contributed by atoms with Crippen molar-refractivity contribution >= 4 is 45.1 Å². The summed E-state index contributed by atoms with van der Waals surface area (Å²) in [4.78, 5) is 76.3. The van der Waals surface area contributed by atoms with E-state index in [0.717, 1.165) is 0 Å². The summed E-state index contributed by atoms with van der Waals surface area (Å²) in [6.07, 6.45) is -2.33. The number of amides is 5. The highest BCUT2D eigenvalue weighted by Gasteiger charge is 2.63. The molecule has 2 aliphatic heterocycles. The minimum absolute atomic E-state index is 0.0515. The van der Waals surface area contributed by atoms with E-state index in [1.54, 1.807) is 13.8 Å². The smallest absolute Gasteiger partial charge is 0.410 e. The lowest BCUT2D eigenvalue weighted by molar-refractivity contribution is -0.162. The lowest BCUT2D eigenvalue weighted by Crippen LogP contribution is -2.46. The van der Waals surface area contributed by atoms with Crippen LogP contribution in [-0.2, 0) is 42.9 Å². The quantitative estimate of drug-likeness (QED) is 0.0472. The maximum atomic E-state index is 13.2. The fraction of sp³-hybridized carbons (Fsp3) is 0.786. The van der Waals surface area contributed by atoms with Crippen LogP contribution in [0.3, 0.4) is 0 Å². The van der Waals surface area contributed by atoms with E-state index in [1.807, 2.05) is 9.39 Å². The van der Waals surface area contributed by atoms with Gasteiger partial charge in [0, 0.05) is 59.4 Å². The molecule has 16 heteroatoms.